The van der Waals surface area contributed by atoms with Crippen molar-refractivity contribution in [3.8, 4) is 22.8 Å². The number of amides is 1. The largest absolute Gasteiger partial charge is 0.367 e. The summed E-state index contributed by atoms with van der Waals surface area (Å²) in [6, 6.07) is 5.95. The van der Waals surface area contributed by atoms with Crippen LogP contribution in [0, 0.1) is 5.92 Å². The highest BCUT2D eigenvalue weighted by Crippen LogP contribution is 2.32. The Balaban J connectivity index is 1.16. The normalized spacial score (nSPS) is 17.0. The number of H-pyrrole nitrogens is 2. The Kier molecular flexibility index (Phi) is 6.79. The molecule has 2 fully saturated rings. The van der Waals surface area contributed by atoms with Crippen molar-refractivity contribution in [1.82, 2.24) is 40.0 Å². The molecular formula is C30H34N10O. The molecule has 41 heavy (non-hydrogen) atoms. The van der Waals surface area contributed by atoms with E-state index < -0.39 is 0 Å². The second-order valence-corrected chi connectivity index (χ2v) is 11.3. The molecule has 11 heteroatoms. The number of aromatic amines is 2. The van der Waals surface area contributed by atoms with Crippen molar-refractivity contribution in [2.24, 2.45) is 5.92 Å². The van der Waals surface area contributed by atoms with Crippen LogP contribution < -0.4 is 10.2 Å². The van der Waals surface area contributed by atoms with E-state index >= 15 is 0 Å². The van der Waals surface area contributed by atoms with Gasteiger partial charge in [-0.3, -0.25) is 19.9 Å². The Morgan fingerprint density at radius 1 is 1.05 bits per heavy atom. The fourth-order valence-corrected chi connectivity index (χ4v) is 6.08. The third kappa shape index (κ3) is 5.24. The van der Waals surface area contributed by atoms with E-state index in [1.54, 1.807) is 18.6 Å². The van der Waals surface area contributed by atoms with E-state index in [-0.39, 0.29) is 5.91 Å². The average molecular weight is 551 g/mol. The third-order valence-corrected chi connectivity index (χ3v) is 8.40. The van der Waals surface area contributed by atoms with Crippen LogP contribution in [0.2, 0.25) is 0 Å². The van der Waals surface area contributed by atoms with Crippen molar-refractivity contribution in [1.29, 1.82) is 0 Å². The highest BCUT2D eigenvalue weighted by molar-refractivity contribution is 5.96. The molecule has 7 rings (SSSR count). The standard InChI is InChI=1S/C30H34N10O/c1-39-9-11-40(12-10-39)25-7-8-32-29-28(25)35-30(36-29)27-22-15-23(33-18-24(22)37-38-27)20-14-21(17-31-16-20)34-26(41)13-19-5-3-2-4-6-19/h7-8,14-19H,2-6,9-13H2,1H3,(H,34,41)(H,37,38)(H,32,35,36). The first kappa shape index (κ1) is 25.6. The van der Waals surface area contributed by atoms with E-state index in [0.717, 1.165) is 78.0 Å². The molecule has 11 nitrogen and oxygen atoms in total. The number of carbonyl (C=O) groups excluding carboxylic acids is 1. The summed E-state index contributed by atoms with van der Waals surface area (Å²) < 4.78 is 0. The SMILES string of the molecule is CN1CCN(c2ccnc3[nH]c(-c4n[nH]c5cnc(-c6cncc(NC(=O)CC7CCCCC7)c6)cc45)nc23)CC1. The minimum atomic E-state index is 0.0471. The van der Waals surface area contributed by atoms with Crippen LogP contribution in [0.25, 0.3) is 44.8 Å². The number of likely N-dealkylation sites (N-methyl/N-ethyl adjacent to an activating group) is 1. The summed E-state index contributed by atoms with van der Waals surface area (Å²) >= 11 is 0. The van der Waals surface area contributed by atoms with Crippen LogP contribution >= 0.6 is 0 Å². The van der Waals surface area contributed by atoms with Gasteiger partial charge in [0.25, 0.3) is 0 Å². The smallest absolute Gasteiger partial charge is 0.224 e. The lowest BCUT2D eigenvalue weighted by molar-refractivity contribution is -0.117. The molecule has 0 bridgehead atoms. The number of piperazine rings is 1. The molecule has 5 aromatic rings. The maximum atomic E-state index is 12.7. The molecule has 2 aliphatic rings. The van der Waals surface area contributed by atoms with Crippen molar-refractivity contribution in [2.75, 3.05) is 43.4 Å². The minimum Gasteiger partial charge on any atom is -0.367 e. The molecule has 1 aliphatic carbocycles. The highest BCUT2D eigenvalue weighted by atomic mass is 16.1. The molecule has 3 N–H and O–H groups in total. The van der Waals surface area contributed by atoms with Gasteiger partial charge in [0.1, 0.15) is 11.2 Å². The topological polar surface area (TPSA) is 132 Å². The number of carbonyl (C=O) groups is 1. The number of pyridine rings is 3. The number of nitrogens with zero attached hydrogens (tertiary/aromatic N) is 7. The average Bonchev–Trinajstić information content (AvgIpc) is 3.62. The molecule has 0 aromatic carbocycles. The summed E-state index contributed by atoms with van der Waals surface area (Å²) in [4.78, 5) is 39.3. The molecule has 0 unspecified atom stereocenters. The van der Waals surface area contributed by atoms with Crippen LogP contribution in [0.5, 0.6) is 0 Å². The van der Waals surface area contributed by atoms with Gasteiger partial charge < -0.3 is 20.1 Å². The van der Waals surface area contributed by atoms with Gasteiger partial charge in [0.05, 0.1) is 35.0 Å². The Morgan fingerprint density at radius 2 is 1.90 bits per heavy atom. The van der Waals surface area contributed by atoms with Gasteiger partial charge in [0, 0.05) is 55.9 Å². The number of hydrogen-bond acceptors (Lipinski definition) is 8. The molecule has 1 aliphatic heterocycles. The van der Waals surface area contributed by atoms with Crippen LogP contribution in [-0.2, 0) is 4.79 Å². The Hall–Kier alpha value is -4.38. The van der Waals surface area contributed by atoms with Gasteiger partial charge in [0.15, 0.2) is 11.5 Å². The lowest BCUT2D eigenvalue weighted by Crippen LogP contribution is -2.44. The Labute approximate surface area is 237 Å². The Morgan fingerprint density at radius 3 is 2.76 bits per heavy atom. The first-order valence-corrected chi connectivity index (χ1v) is 14.5. The molecule has 0 spiro atoms. The van der Waals surface area contributed by atoms with E-state index in [1.807, 2.05) is 24.4 Å². The van der Waals surface area contributed by atoms with E-state index in [9.17, 15) is 4.79 Å². The number of aromatic nitrogens is 7. The fourth-order valence-electron chi connectivity index (χ4n) is 6.08. The minimum absolute atomic E-state index is 0.0471. The molecule has 6 heterocycles. The quantitative estimate of drug-likeness (QED) is 0.279. The molecule has 0 atom stereocenters. The maximum absolute atomic E-state index is 12.7. The monoisotopic (exact) mass is 550 g/mol. The first-order chi connectivity index (χ1) is 20.1. The highest BCUT2D eigenvalue weighted by Gasteiger charge is 2.21. The van der Waals surface area contributed by atoms with E-state index in [0.29, 0.717) is 29.5 Å². The summed E-state index contributed by atoms with van der Waals surface area (Å²) in [5.41, 5.74) is 6.42. The van der Waals surface area contributed by atoms with Crippen molar-refractivity contribution in [2.45, 2.75) is 38.5 Å². The van der Waals surface area contributed by atoms with Crippen molar-refractivity contribution in [3.05, 3.63) is 43.0 Å². The van der Waals surface area contributed by atoms with Gasteiger partial charge in [-0.15, -0.1) is 0 Å². The number of rotatable bonds is 6. The predicted octanol–water partition coefficient (Wildman–Crippen LogP) is 4.62. The number of fused-ring (bicyclic) bond motifs is 2. The number of hydrogen-bond donors (Lipinski definition) is 3. The molecule has 0 radical (unpaired) electrons. The van der Waals surface area contributed by atoms with Gasteiger partial charge in [-0.25, -0.2) is 9.97 Å². The zero-order chi connectivity index (χ0) is 27.8. The summed E-state index contributed by atoms with van der Waals surface area (Å²) in [5, 5.41) is 11.6. The van der Waals surface area contributed by atoms with Crippen LogP contribution in [0.1, 0.15) is 38.5 Å². The lowest BCUT2D eigenvalue weighted by Gasteiger charge is -2.33. The number of anilines is 2. The number of imidazole rings is 1. The molecule has 1 saturated carbocycles. The van der Waals surface area contributed by atoms with Crippen LogP contribution in [0.3, 0.4) is 0 Å². The second kappa shape index (κ2) is 10.9. The van der Waals surface area contributed by atoms with Crippen molar-refractivity contribution < 1.29 is 4.79 Å². The summed E-state index contributed by atoms with van der Waals surface area (Å²) in [6.45, 7) is 3.93. The molecule has 1 amide bonds. The fraction of sp³-hybridized carbons (Fsp3) is 0.400. The number of nitrogens with one attached hydrogen (secondary N) is 3. The van der Waals surface area contributed by atoms with Gasteiger partial charge >= 0.3 is 0 Å². The van der Waals surface area contributed by atoms with E-state index in [2.05, 4.69) is 52.3 Å². The summed E-state index contributed by atoms with van der Waals surface area (Å²) in [7, 11) is 2.15. The van der Waals surface area contributed by atoms with E-state index in [1.165, 1.54) is 19.3 Å². The molecule has 210 valence electrons. The van der Waals surface area contributed by atoms with Crippen LogP contribution in [0.4, 0.5) is 11.4 Å². The lowest BCUT2D eigenvalue weighted by atomic mass is 9.87. The van der Waals surface area contributed by atoms with Crippen molar-refractivity contribution >= 4 is 39.3 Å². The zero-order valence-corrected chi connectivity index (χ0v) is 23.2. The van der Waals surface area contributed by atoms with E-state index in [4.69, 9.17) is 4.98 Å². The maximum Gasteiger partial charge on any atom is 0.224 e. The third-order valence-electron chi connectivity index (χ3n) is 8.40. The molecular weight excluding hydrogens is 516 g/mol. The van der Waals surface area contributed by atoms with Crippen LogP contribution in [0.15, 0.2) is 43.0 Å². The summed E-state index contributed by atoms with van der Waals surface area (Å²) in [6.07, 6.45) is 13.6. The van der Waals surface area contributed by atoms with Gasteiger partial charge in [0.2, 0.25) is 5.91 Å². The Bertz CT molecular complexity index is 1690. The van der Waals surface area contributed by atoms with Gasteiger partial charge in [-0.1, -0.05) is 19.3 Å². The first-order valence-electron chi connectivity index (χ1n) is 14.5. The van der Waals surface area contributed by atoms with Crippen LogP contribution in [-0.4, -0.2) is 79.2 Å². The van der Waals surface area contributed by atoms with Gasteiger partial charge in [-0.05, 0) is 44.0 Å². The molecule has 1 saturated heterocycles. The van der Waals surface area contributed by atoms with Gasteiger partial charge in [-0.2, -0.15) is 5.10 Å². The second-order valence-electron chi connectivity index (χ2n) is 11.3. The zero-order valence-electron chi connectivity index (χ0n) is 23.2. The summed E-state index contributed by atoms with van der Waals surface area (Å²) in [5.74, 6) is 1.18. The predicted molar refractivity (Wildman–Crippen MR) is 160 cm³/mol. The van der Waals surface area contributed by atoms with Crippen molar-refractivity contribution in [3.63, 3.8) is 0 Å². The molecule has 5 aromatic heterocycles.